The van der Waals surface area contributed by atoms with Gasteiger partial charge in [-0.05, 0) is 31.2 Å². The van der Waals surface area contributed by atoms with Crippen LogP contribution >= 0.6 is 0 Å². The first kappa shape index (κ1) is 9.70. The molecule has 1 nitrogen and oxygen atoms in total. The Morgan fingerprint density at radius 3 is 2.40 bits per heavy atom. The van der Waals surface area contributed by atoms with Gasteiger partial charge in [0.1, 0.15) is 0 Å². The van der Waals surface area contributed by atoms with Gasteiger partial charge in [-0.3, -0.25) is 0 Å². The fourth-order valence-corrected chi connectivity index (χ4v) is 1.19. The van der Waals surface area contributed by atoms with Crippen molar-refractivity contribution >= 4 is 0 Å². The highest BCUT2D eigenvalue weighted by Crippen LogP contribution is 2.13. The fourth-order valence-electron chi connectivity index (χ4n) is 1.19. The molecule has 1 heteroatoms. The molecule has 1 unspecified atom stereocenters. The SMILES string of the molecule is C=CCC(CN)CC(C)C. The van der Waals surface area contributed by atoms with Gasteiger partial charge in [0.15, 0.2) is 0 Å². The molecular formula is C9H19N. The van der Waals surface area contributed by atoms with Crippen molar-refractivity contribution in [1.29, 1.82) is 0 Å². The van der Waals surface area contributed by atoms with Crippen LogP contribution in [0.2, 0.25) is 0 Å². The molecule has 0 bridgehead atoms. The first-order valence-corrected chi connectivity index (χ1v) is 4.01. The number of nitrogens with two attached hydrogens (primary N) is 1. The monoisotopic (exact) mass is 141 g/mol. The van der Waals surface area contributed by atoms with Gasteiger partial charge in [0, 0.05) is 0 Å². The van der Waals surface area contributed by atoms with Crippen molar-refractivity contribution in [2.24, 2.45) is 17.6 Å². The highest BCUT2D eigenvalue weighted by Gasteiger charge is 2.05. The summed E-state index contributed by atoms with van der Waals surface area (Å²) >= 11 is 0. The van der Waals surface area contributed by atoms with Crippen LogP contribution in [0.15, 0.2) is 12.7 Å². The van der Waals surface area contributed by atoms with Gasteiger partial charge in [-0.25, -0.2) is 0 Å². The zero-order chi connectivity index (χ0) is 7.98. The van der Waals surface area contributed by atoms with Crippen LogP contribution in [0.1, 0.15) is 26.7 Å². The van der Waals surface area contributed by atoms with Gasteiger partial charge < -0.3 is 5.73 Å². The second-order valence-electron chi connectivity index (χ2n) is 3.26. The third kappa shape index (κ3) is 4.57. The standard InChI is InChI=1S/C9H19N/c1-4-5-9(7-10)6-8(2)3/h4,8-9H,1,5-7,10H2,2-3H3. The second kappa shape index (κ2) is 5.48. The molecule has 0 radical (unpaired) electrons. The van der Waals surface area contributed by atoms with E-state index in [2.05, 4.69) is 20.4 Å². The first-order valence-electron chi connectivity index (χ1n) is 4.01. The lowest BCUT2D eigenvalue weighted by Gasteiger charge is -2.14. The van der Waals surface area contributed by atoms with E-state index in [1.807, 2.05) is 6.08 Å². The van der Waals surface area contributed by atoms with E-state index in [-0.39, 0.29) is 0 Å². The van der Waals surface area contributed by atoms with E-state index in [0.29, 0.717) is 5.92 Å². The average molecular weight is 141 g/mol. The summed E-state index contributed by atoms with van der Waals surface area (Å²) in [5, 5.41) is 0. The number of allylic oxidation sites excluding steroid dienone is 1. The van der Waals surface area contributed by atoms with Crippen LogP contribution < -0.4 is 5.73 Å². The van der Waals surface area contributed by atoms with Crippen LogP contribution in [0, 0.1) is 11.8 Å². The van der Waals surface area contributed by atoms with E-state index in [1.54, 1.807) is 0 Å². The molecule has 0 aliphatic rings. The molecule has 0 saturated carbocycles. The Balaban J connectivity index is 3.48. The van der Waals surface area contributed by atoms with Crippen LogP contribution in [-0.2, 0) is 0 Å². The molecule has 0 aliphatic heterocycles. The number of hydrogen-bond donors (Lipinski definition) is 1. The van der Waals surface area contributed by atoms with Gasteiger partial charge in [0.25, 0.3) is 0 Å². The summed E-state index contributed by atoms with van der Waals surface area (Å²) in [7, 11) is 0. The van der Waals surface area contributed by atoms with E-state index in [1.165, 1.54) is 6.42 Å². The lowest BCUT2D eigenvalue weighted by atomic mass is 9.94. The van der Waals surface area contributed by atoms with Gasteiger partial charge >= 0.3 is 0 Å². The van der Waals surface area contributed by atoms with Gasteiger partial charge in [0.05, 0.1) is 0 Å². The minimum absolute atomic E-state index is 0.650. The smallest absolute Gasteiger partial charge is 0.00458 e. The van der Waals surface area contributed by atoms with E-state index in [9.17, 15) is 0 Å². The van der Waals surface area contributed by atoms with Crippen LogP contribution in [0.3, 0.4) is 0 Å². The molecule has 0 spiro atoms. The lowest BCUT2D eigenvalue weighted by Crippen LogP contribution is -2.15. The molecule has 0 aromatic rings. The highest BCUT2D eigenvalue weighted by molar-refractivity contribution is 4.74. The predicted molar refractivity (Wildman–Crippen MR) is 46.8 cm³/mol. The minimum atomic E-state index is 0.650. The van der Waals surface area contributed by atoms with Crippen LogP contribution in [0.4, 0.5) is 0 Å². The van der Waals surface area contributed by atoms with Crippen LogP contribution in [0.5, 0.6) is 0 Å². The Morgan fingerprint density at radius 2 is 2.10 bits per heavy atom. The molecule has 2 N–H and O–H groups in total. The zero-order valence-corrected chi connectivity index (χ0v) is 7.14. The van der Waals surface area contributed by atoms with Gasteiger partial charge in [-0.1, -0.05) is 19.9 Å². The lowest BCUT2D eigenvalue weighted by molar-refractivity contribution is 0.421. The van der Waals surface area contributed by atoms with Crippen molar-refractivity contribution in [2.75, 3.05) is 6.54 Å². The summed E-state index contributed by atoms with van der Waals surface area (Å²) in [5.74, 6) is 1.41. The van der Waals surface area contributed by atoms with E-state index >= 15 is 0 Å². The van der Waals surface area contributed by atoms with Crippen LogP contribution in [-0.4, -0.2) is 6.54 Å². The minimum Gasteiger partial charge on any atom is -0.330 e. The molecule has 10 heavy (non-hydrogen) atoms. The Bertz CT molecular complexity index is 86.7. The van der Waals surface area contributed by atoms with Gasteiger partial charge in [-0.15, -0.1) is 6.58 Å². The van der Waals surface area contributed by atoms with E-state index < -0.39 is 0 Å². The van der Waals surface area contributed by atoms with Crippen molar-refractivity contribution in [3.63, 3.8) is 0 Å². The molecule has 0 aromatic heterocycles. The van der Waals surface area contributed by atoms with Crippen molar-refractivity contribution in [3.05, 3.63) is 12.7 Å². The van der Waals surface area contributed by atoms with Crippen molar-refractivity contribution in [1.82, 2.24) is 0 Å². The summed E-state index contributed by atoms with van der Waals surface area (Å²) < 4.78 is 0. The van der Waals surface area contributed by atoms with Crippen molar-refractivity contribution in [3.8, 4) is 0 Å². The number of hydrogen-bond acceptors (Lipinski definition) is 1. The van der Waals surface area contributed by atoms with Crippen molar-refractivity contribution in [2.45, 2.75) is 26.7 Å². The highest BCUT2D eigenvalue weighted by atomic mass is 14.5. The predicted octanol–water partition coefficient (Wildman–Crippen LogP) is 2.18. The maximum atomic E-state index is 5.56. The third-order valence-electron chi connectivity index (χ3n) is 1.64. The Morgan fingerprint density at radius 1 is 1.50 bits per heavy atom. The van der Waals surface area contributed by atoms with Gasteiger partial charge in [-0.2, -0.15) is 0 Å². The Labute approximate surface area is 64.3 Å². The molecule has 0 fully saturated rings. The topological polar surface area (TPSA) is 26.0 Å². The summed E-state index contributed by atoms with van der Waals surface area (Å²) in [6.45, 7) is 8.95. The normalized spacial score (nSPS) is 13.6. The van der Waals surface area contributed by atoms with E-state index in [0.717, 1.165) is 18.9 Å². The molecule has 0 heterocycles. The Hall–Kier alpha value is -0.300. The number of rotatable bonds is 5. The molecule has 0 aromatic carbocycles. The average Bonchev–Trinajstić information content (AvgIpc) is 1.86. The summed E-state index contributed by atoms with van der Waals surface area (Å²) in [6, 6.07) is 0. The molecule has 0 saturated heterocycles. The largest absolute Gasteiger partial charge is 0.330 e. The summed E-state index contributed by atoms with van der Waals surface area (Å²) in [4.78, 5) is 0. The maximum Gasteiger partial charge on any atom is -0.00458 e. The second-order valence-corrected chi connectivity index (χ2v) is 3.26. The molecule has 0 aliphatic carbocycles. The van der Waals surface area contributed by atoms with Gasteiger partial charge in [0.2, 0.25) is 0 Å². The molecular weight excluding hydrogens is 122 g/mol. The molecule has 0 amide bonds. The molecule has 0 rings (SSSR count). The quantitative estimate of drug-likeness (QED) is 0.583. The van der Waals surface area contributed by atoms with Crippen LogP contribution in [0.25, 0.3) is 0 Å². The molecule has 1 atom stereocenters. The van der Waals surface area contributed by atoms with Crippen molar-refractivity contribution < 1.29 is 0 Å². The zero-order valence-electron chi connectivity index (χ0n) is 7.14. The molecule has 60 valence electrons. The first-order chi connectivity index (χ1) is 4.70. The third-order valence-corrected chi connectivity index (χ3v) is 1.64. The summed E-state index contributed by atoms with van der Waals surface area (Å²) in [5.41, 5.74) is 5.56. The maximum absolute atomic E-state index is 5.56. The summed E-state index contributed by atoms with van der Waals surface area (Å²) in [6.07, 6.45) is 4.25. The fraction of sp³-hybridized carbons (Fsp3) is 0.778. The van der Waals surface area contributed by atoms with E-state index in [4.69, 9.17) is 5.73 Å². The Kier molecular flexibility index (Phi) is 5.32.